The number of likely N-dealkylation sites (tertiary alicyclic amines) is 1. The third-order valence-electron chi connectivity index (χ3n) is 6.01. The van der Waals surface area contributed by atoms with E-state index in [0.29, 0.717) is 17.4 Å². The topological polar surface area (TPSA) is 32.5 Å². The lowest BCUT2D eigenvalue weighted by molar-refractivity contribution is 0.0742. The molecule has 2 fully saturated rings. The molecule has 124 valence electrons. The average molecular weight is 296 g/mol. The first kappa shape index (κ1) is 17.2. The van der Waals surface area contributed by atoms with Crippen molar-refractivity contribution in [1.29, 1.82) is 0 Å². The van der Waals surface area contributed by atoms with Gasteiger partial charge in [-0.1, -0.05) is 20.8 Å². The summed E-state index contributed by atoms with van der Waals surface area (Å²) in [5, 5.41) is 0. The molecule has 2 N–H and O–H groups in total. The maximum absolute atomic E-state index is 6.45. The van der Waals surface area contributed by atoms with E-state index in [1.807, 2.05) is 0 Å². The molecule has 0 aromatic rings. The molecule has 0 aromatic heterocycles. The molecule has 1 heterocycles. The monoisotopic (exact) mass is 295 g/mol. The highest BCUT2D eigenvalue weighted by Gasteiger charge is 2.35. The summed E-state index contributed by atoms with van der Waals surface area (Å²) >= 11 is 0. The third-order valence-corrected chi connectivity index (χ3v) is 6.01. The Balaban J connectivity index is 1.90. The van der Waals surface area contributed by atoms with Gasteiger partial charge in [0.25, 0.3) is 0 Å². The lowest BCUT2D eigenvalue weighted by Crippen LogP contribution is -2.50. The first-order valence-corrected chi connectivity index (χ1v) is 8.91. The Bertz CT molecular complexity index is 323. The van der Waals surface area contributed by atoms with E-state index in [-0.39, 0.29) is 0 Å². The Morgan fingerprint density at radius 1 is 1.19 bits per heavy atom. The first-order chi connectivity index (χ1) is 9.77. The standard InChI is InChI=1S/C18H37N3/c1-18(2,3)15-8-9-17(19)14(11-15)12-21(5)16-7-6-10-20(4)13-16/h14-17H,6-13,19H2,1-5H3. The highest BCUT2D eigenvalue weighted by molar-refractivity contribution is 4.90. The molecule has 0 amide bonds. The molecule has 2 rings (SSSR count). The van der Waals surface area contributed by atoms with Crippen LogP contribution in [-0.4, -0.2) is 55.6 Å². The maximum atomic E-state index is 6.45. The predicted molar refractivity (Wildman–Crippen MR) is 91.4 cm³/mol. The zero-order valence-corrected chi connectivity index (χ0v) is 14.9. The second kappa shape index (κ2) is 6.97. The quantitative estimate of drug-likeness (QED) is 0.869. The fourth-order valence-corrected chi connectivity index (χ4v) is 4.30. The summed E-state index contributed by atoms with van der Waals surface area (Å²) in [5.41, 5.74) is 6.89. The summed E-state index contributed by atoms with van der Waals surface area (Å²) in [6, 6.07) is 1.14. The second-order valence-electron chi connectivity index (χ2n) is 8.80. The number of likely N-dealkylation sites (N-methyl/N-ethyl adjacent to an activating group) is 2. The Hall–Kier alpha value is -0.120. The van der Waals surface area contributed by atoms with Crippen LogP contribution in [-0.2, 0) is 0 Å². The van der Waals surface area contributed by atoms with Gasteiger partial charge in [-0.05, 0) is 70.0 Å². The predicted octanol–water partition coefficient (Wildman–Crippen LogP) is 2.80. The van der Waals surface area contributed by atoms with E-state index in [0.717, 1.165) is 12.0 Å². The van der Waals surface area contributed by atoms with Crippen molar-refractivity contribution in [3.8, 4) is 0 Å². The van der Waals surface area contributed by atoms with Crippen LogP contribution < -0.4 is 5.73 Å². The summed E-state index contributed by atoms with van der Waals surface area (Å²) in [5.74, 6) is 1.52. The molecule has 4 atom stereocenters. The lowest BCUT2D eigenvalue weighted by atomic mass is 9.67. The van der Waals surface area contributed by atoms with Crippen LogP contribution in [0.4, 0.5) is 0 Å². The van der Waals surface area contributed by atoms with Crippen LogP contribution in [0.3, 0.4) is 0 Å². The summed E-state index contributed by atoms with van der Waals surface area (Å²) in [6.07, 6.45) is 6.54. The molecule has 2 aliphatic rings. The molecular formula is C18H37N3. The molecule has 0 bridgehead atoms. The van der Waals surface area contributed by atoms with Gasteiger partial charge in [0.05, 0.1) is 0 Å². The van der Waals surface area contributed by atoms with Crippen molar-refractivity contribution in [2.75, 3.05) is 33.7 Å². The average Bonchev–Trinajstić information content (AvgIpc) is 2.40. The van der Waals surface area contributed by atoms with Crippen molar-refractivity contribution in [3.63, 3.8) is 0 Å². The number of piperidine rings is 1. The summed E-state index contributed by atoms with van der Waals surface area (Å²) in [7, 11) is 4.57. The smallest absolute Gasteiger partial charge is 0.0220 e. The van der Waals surface area contributed by atoms with E-state index < -0.39 is 0 Å². The Morgan fingerprint density at radius 3 is 2.52 bits per heavy atom. The molecule has 1 saturated carbocycles. The molecule has 1 saturated heterocycles. The molecule has 4 unspecified atom stereocenters. The molecule has 0 radical (unpaired) electrons. The number of hydrogen-bond donors (Lipinski definition) is 1. The zero-order chi connectivity index (χ0) is 15.6. The number of nitrogens with zero attached hydrogens (tertiary/aromatic N) is 2. The zero-order valence-electron chi connectivity index (χ0n) is 14.9. The number of hydrogen-bond acceptors (Lipinski definition) is 3. The summed E-state index contributed by atoms with van der Waals surface area (Å²) in [4.78, 5) is 5.08. The lowest BCUT2D eigenvalue weighted by Gasteiger charge is -2.44. The van der Waals surface area contributed by atoms with Crippen molar-refractivity contribution in [2.45, 2.75) is 65.0 Å². The number of rotatable bonds is 3. The van der Waals surface area contributed by atoms with Gasteiger partial charge in [-0.3, -0.25) is 0 Å². The van der Waals surface area contributed by atoms with Gasteiger partial charge >= 0.3 is 0 Å². The van der Waals surface area contributed by atoms with Crippen molar-refractivity contribution in [1.82, 2.24) is 9.80 Å². The Kier molecular flexibility index (Phi) is 5.72. The van der Waals surface area contributed by atoms with Crippen LogP contribution >= 0.6 is 0 Å². The van der Waals surface area contributed by atoms with Crippen molar-refractivity contribution in [2.24, 2.45) is 23.0 Å². The highest BCUT2D eigenvalue weighted by atomic mass is 15.2. The van der Waals surface area contributed by atoms with E-state index >= 15 is 0 Å². The molecule has 0 aromatic carbocycles. The van der Waals surface area contributed by atoms with Gasteiger partial charge in [0.15, 0.2) is 0 Å². The van der Waals surface area contributed by atoms with Crippen molar-refractivity contribution in [3.05, 3.63) is 0 Å². The van der Waals surface area contributed by atoms with Crippen LogP contribution in [0.1, 0.15) is 52.9 Å². The van der Waals surface area contributed by atoms with Crippen molar-refractivity contribution >= 4 is 0 Å². The van der Waals surface area contributed by atoms with E-state index in [2.05, 4.69) is 44.7 Å². The highest BCUT2D eigenvalue weighted by Crippen LogP contribution is 2.40. The SMILES string of the molecule is CN1CCCC(N(C)CC2CC(C(C)(C)C)CCC2N)C1. The molecule has 1 aliphatic carbocycles. The van der Waals surface area contributed by atoms with Crippen LogP contribution in [0.15, 0.2) is 0 Å². The second-order valence-corrected chi connectivity index (χ2v) is 8.80. The van der Waals surface area contributed by atoms with Crippen LogP contribution in [0.2, 0.25) is 0 Å². The van der Waals surface area contributed by atoms with Gasteiger partial charge in [0, 0.05) is 25.2 Å². The number of nitrogens with two attached hydrogens (primary N) is 1. The largest absolute Gasteiger partial charge is 0.327 e. The molecule has 0 spiro atoms. The van der Waals surface area contributed by atoms with Gasteiger partial charge in [0.2, 0.25) is 0 Å². The Morgan fingerprint density at radius 2 is 1.90 bits per heavy atom. The maximum Gasteiger partial charge on any atom is 0.0220 e. The molecule has 1 aliphatic heterocycles. The van der Waals surface area contributed by atoms with Gasteiger partial charge in [-0.2, -0.15) is 0 Å². The molecule has 3 heteroatoms. The van der Waals surface area contributed by atoms with Crippen LogP contribution in [0, 0.1) is 17.3 Å². The van der Waals surface area contributed by atoms with Crippen molar-refractivity contribution < 1.29 is 0 Å². The fourth-order valence-electron chi connectivity index (χ4n) is 4.30. The van der Waals surface area contributed by atoms with Gasteiger partial charge in [-0.25, -0.2) is 0 Å². The normalized spacial score (nSPS) is 36.1. The van der Waals surface area contributed by atoms with E-state index in [4.69, 9.17) is 5.73 Å². The van der Waals surface area contributed by atoms with E-state index in [1.165, 1.54) is 51.7 Å². The van der Waals surface area contributed by atoms with Crippen LogP contribution in [0.25, 0.3) is 0 Å². The van der Waals surface area contributed by atoms with Crippen LogP contribution in [0.5, 0.6) is 0 Å². The van der Waals surface area contributed by atoms with E-state index in [1.54, 1.807) is 0 Å². The minimum absolute atomic E-state index is 0.410. The van der Waals surface area contributed by atoms with Gasteiger partial charge < -0.3 is 15.5 Å². The summed E-state index contributed by atoms with van der Waals surface area (Å²) in [6.45, 7) is 10.9. The molecule has 3 nitrogen and oxygen atoms in total. The molecule has 21 heavy (non-hydrogen) atoms. The minimum Gasteiger partial charge on any atom is -0.327 e. The first-order valence-electron chi connectivity index (χ1n) is 8.91. The minimum atomic E-state index is 0.410. The third kappa shape index (κ3) is 4.67. The fraction of sp³-hybridized carbons (Fsp3) is 1.00. The van der Waals surface area contributed by atoms with Gasteiger partial charge in [0.1, 0.15) is 0 Å². The van der Waals surface area contributed by atoms with Gasteiger partial charge in [-0.15, -0.1) is 0 Å². The van der Waals surface area contributed by atoms with E-state index in [9.17, 15) is 0 Å². The Labute approximate surface area is 132 Å². The molecular weight excluding hydrogens is 258 g/mol. The summed E-state index contributed by atoms with van der Waals surface area (Å²) < 4.78 is 0.